The lowest BCUT2D eigenvalue weighted by atomic mass is 10.2. The first-order chi connectivity index (χ1) is 8.20. The summed E-state index contributed by atoms with van der Waals surface area (Å²) in [6.45, 7) is 1.67. The molecular formula is C13H9FN2O. The van der Waals surface area contributed by atoms with E-state index in [1.54, 1.807) is 25.1 Å². The highest BCUT2D eigenvalue weighted by atomic mass is 19.1. The predicted octanol–water partition coefficient (Wildman–Crippen LogP) is 3.19. The van der Waals surface area contributed by atoms with E-state index in [1.165, 1.54) is 18.5 Å². The quantitative estimate of drug-likeness (QED) is 0.792. The molecule has 3 nitrogen and oxygen atoms in total. The minimum absolute atomic E-state index is 0.318. The van der Waals surface area contributed by atoms with Crippen molar-refractivity contribution >= 4 is 0 Å². The van der Waals surface area contributed by atoms with Crippen molar-refractivity contribution in [1.29, 1.82) is 5.26 Å². The molecule has 0 aliphatic heterocycles. The van der Waals surface area contributed by atoms with Gasteiger partial charge in [-0.3, -0.25) is 4.98 Å². The normalized spacial score (nSPS) is 9.71. The molecule has 0 fully saturated rings. The molecule has 0 unspecified atom stereocenters. The Morgan fingerprint density at radius 1 is 1.35 bits per heavy atom. The van der Waals surface area contributed by atoms with Gasteiger partial charge >= 0.3 is 0 Å². The monoisotopic (exact) mass is 228 g/mol. The minimum Gasteiger partial charge on any atom is -0.454 e. The molecule has 1 aromatic carbocycles. The molecule has 84 valence electrons. The number of hydrogen-bond donors (Lipinski definition) is 0. The molecule has 0 spiro atoms. The number of nitriles is 1. The molecule has 2 aromatic rings. The van der Waals surface area contributed by atoms with Gasteiger partial charge in [-0.2, -0.15) is 5.26 Å². The third-order valence-electron chi connectivity index (χ3n) is 2.28. The molecule has 4 heteroatoms. The Kier molecular flexibility index (Phi) is 3.01. The molecule has 0 atom stereocenters. The van der Waals surface area contributed by atoms with Gasteiger partial charge in [0.15, 0.2) is 5.75 Å². The second-order valence-corrected chi connectivity index (χ2v) is 3.50. The van der Waals surface area contributed by atoms with E-state index in [0.29, 0.717) is 22.6 Å². The fraction of sp³-hybridized carbons (Fsp3) is 0.0769. The zero-order chi connectivity index (χ0) is 12.3. The Morgan fingerprint density at radius 2 is 2.18 bits per heavy atom. The van der Waals surface area contributed by atoms with Crippen molar-refractivity contribution in [2.24, 2.45) is 0 Å². The van der Waals surface area contributed by atoms with Crippen LogP contribution >= 0.6 is 0 Å². The summed E-state index contributed by atoms with van der Waals surface area (Å²) in [6.07, 6.45) is 2.93. The van der Waals surface area contributed by atoms with Gasteiger partial charge in [0.05, 0.1) is 11.8 Å². The van der Waals surface area contributed by atoms with E-state index >= 15 is 0 Å². The lowest BCUT2D eigenvalue weighted by molar-refractivity contribution is 0.472. The lowest BCUT2D eigenvalue weighted by Gasteiger charge is -2.07. The van der Waals surface area contributed by atoms with Gasteiger partial charge in [0.1, 0.15) is 17.6 Å². The highest BCUT2D eigenvalue weighted by Gasteiger charge is 2.06. The zero-order valence-corrected chi connectivity index (χ0v) is 9.14. The molecule has 0 saturated heterocycles. The van der Waals surface area contributed by atoms with Crippen LogP contribution in [0.4, 0.5) is 4.39 Å². The first-order valence-electron chi connectivity index (χ1n) is 4.99. The van der Waals surface area contributed by atoms with Gasteiger partial charge in [-0.05, 0) is 24.6 Å². The summed E-state index contributed by atoms with van der Waals surface area (Å²) in [7, 11) is 0. The summed E-state index contributed by atoms with van der Waals surface area (Å²) < 4.78 is 18.7. The van der Waals surface area contributed by atoms with Crippen LogP contribution in [0.1, 0.15) is 11.1 Å². The molecule has 17 heavy (non-hydrogen) atoms. The number of halogens is 1. The average molecular weight is 228 g/mol. The topological polar surface area (TPSA) is 45.9 Å². The lowest BCUT2D eigenvalue weighted by Crippen LogP contribution is -1.91. The summed E-state index contributed by atoms with van der Waals surface area (Å²) in [5, 5.41) is 8.86. The summed E-state index contributed by atoms with van der Waals surface area (Å²) in [4.78, 5) is 3.86. The van der Waals surface area contributed by atoms with E-state index < -0.39 is 0 Å². The molecule has 1 aromatic heterocycles. The van der Waals surface area contributed by atoms with Gasteiger partial charge in [-0.15, -0.1) is 0 Å². The zero-order valence-electron chi connectivity index (χ0n) is 9.14. The largest absolute Gasteiger partial charge is 0.454 e. The van der Waals surface area contributed by atoms with Crippen molar-refractivity contribution in [3.63, 3.8) is 0 Å². The summed E-state index contributed by atoms with van der Waals surface area (Å²) in [6, 6.07) is 8.07. The van der Waals surface area contributed by atoms with Gasteiger partial charge < -0.3 is 4.74 Å². The third kappa shape index (κ3) is 2.40. The predicted molar refractivity (Wildman–Crippen MR) is 60.2 cm³/mol. The van der Waals surface area contributed by atoms with E-state index in [4.69, 9.17) is 10.00 Å². The van der Waals surface area contributed by atoms with Crippen molar-refractivity contribution < 1.29 is 9.13 Å². The van der Waals surface area contributed by atoms with Crippen LogP contribution in [0.25, 0.3) is 0 Å². The van der Waals surface area contributed by atoms with Crippen LogP contribution < -0.4 is 4.74 Å². The van der Waals surface area contributed by atoms with Crippen LogP contribution in [0.15, 0.2) is 36.7 Å². The molecule has 0 bridgehead atoms. The standard InChI is InChI=1S/C13H9FN2O/c1-9-2-3-11(6-12(9)14)17-13-8-16-5-4-10(13)7-15/h2-6,8H,1H3. The molecule has 0 aliphatic carbocycles. The molecular weight excluding hydrogens is 219 g/mol. The Labute approximate surface area is 98.1 Å². The number of hydrogen-bond acceptors (Lipinski definition) is 3. The van der Waals surface area contributed by atoms with E-state index in [0.717, 1.165) is 0 Å². The summed E-state index contributed by atoms with van der Waals surface area (Å²) in [5.41, 5.74) is 0.907. The third-order valence-corrected chi connectivity index (χ3v) is 2.28. The van der Waals surface area contributed by atoms with Gasteiger partial charge in [0.25, 0.3) is 0 Å². The fourth-order valence-corrected chi connectivity index (χ4v) is 1.32. The molecule has 0 radical (unpaired) electrons. The molecule has 0 saturated carbocycles. The molecule has 0 aliphatic rings. The summed E-state index contributed by atoms with van der Waals surface area (Å²) in [5.74, 6) is 0.320. The fourth-order valence-electron chi connectivity index (χ4n) is 1.32. The molecule has 1 heterocycles. The first kappa shape index (κ1) is 11.1. The highest BCUT2D eigenvalue weighted by Crippen LogP contribution is 2.25. The van der Waals surface area contributed by atoms with Crippen molar-refractivity contribution in [3.8, 4) is 17.6 Å². The smallest absolute Gasteiger partial charge is 0.163 e. The minimum atomic E-state index is -0.343. The highest BCUT2D eigenvalue weighted by molar-refractivity contribution is 5.43. The van der Waals surface area contributed by atoms with Crippen LogP contribution in [0.2, 0.25) is 0 Å². The van der Waals surface area contributed by atoms with Gasteiger partial charge in [-0.25, -0.2) is 4.39 Å². The van der Waals surface area contributed by atoms with Gasteiger partial charge in [0, 0.05) is 12.3 Å². The summed E-state index contributed by atoms with van der Waals surface area (Å²) >= 11 is 0. The Hall–Kier alpha value is -2.41. The van der Waals surface area contributed by atoms with Crippen molar-refractivity contribution in [1.82, 2.24) is 4.98 Å². The number of rotatable bonds is 2. The Bertz CT molecular complexity index is 590. The number of aryl methyl sites for hydroxylation is 1. The molecule has 0 amide bonds. The maximum Gasteiger partial charge on any atom is 0.163 e. The first-order valence-corrected chi connectivity index (χ1v) is 4.99. The molecule has 0 N–H and O–H groups in total. The van der Waals surface area contributed by atoms with Crippen LogP contribution in [-0.4, -0.2) is 4.98 Å². The van der Waals surface area contributed by atoms with Crippen LogP contribution in [0.3, 0.4) is 0 Å². The van der Waals surface area contributed by atoms with Gasteiger partial charge in [0.2, 0.25) is 0 Å². The Morgan fingerprint density at radius 3 is 2.88 bits per heavy atom. The van der Waals surface area contributed by atoms with Crippen LogP contribution in [0.5, 0.6) is 11.5 Å². The van der Waals surface area contributed by atoms with E-state index in [-0.39, 0.29) is 5.82 Å². The van der Waals surface area contributed by atoms with E-state index in [2.05, 4.69) is 4.98 Å². The number of pyridine rings is 1. The second kappa shape index (κ2) is 4.62. The van der Waals surface area contributed by atoms with Crippen molar-refractivity contribution in [2.75, 3.05) is 0 Å². The Balaban J connectivity index is 2.32. The van der Waals surface area contributed by atoms with E-state index in [1.807, 2.05) is 6.07 Å². The van der Waals surface area contributed by atoms with Crippen molar-refractivity contribution in [3.05, 3.63) is 53.6 Å². The second-order valence-electron chi connectivity index (χ2n) is 3.50. The van der Waals surface area contributed by atoms with E-state index in [9.17, 15) is 4.39 Å². The number of aromatic nitrogens is 1. The molecule has 2 rings (SSSR count). The number of nitrogens with zero attached hydrogens (tertiary/aromatic N) is 2. The number of ether oxygens (including phenoxy) is 1. The SMILES string of the molecule is Cc1ccc(Oc2cnccc2C#N)cc1F. The maximum absolute atomic E-state index is 13.3. The van der Waals surface area contributed by atoms with Crippen molar-refractivity contribution in [2.45, 2.75) is 6.92 Å². The van der Waals surface area contributed by atoms with Gasteiger partial charge in [-0.1, -0.05) is 6.07 Å². The van der Waals surface area contributed by atoms with Crippen LogP contribution in [0, 0.1) is 24.1 Å². The van der Waals surface area contributed by atoms with Crippen LogP contribution in [-0.2, 0) is 0 Å². The maximum atomic E-state index is 13.3. The average Bonchev–Trinajstić information content (AvgIpc) is 2.34. The number of benzene rings is 1.